The first-order valence-electron chi connectivity index (χ1n) is 32.7. The molecule has 0 radical (unpaired) electrons. The van der Waals surface area contributed by atoms with Crippen molar-refractivity contribution in [2.24, 2.45) is 0 Å². The summed E-state index contributed by atoms with van der Waals surface area (Å²) in [5.41, 5.74) is 0. The normalized spacial score (nSPS) is 13.9. The van der Waals surface area contributed by atoms with Crippen LogP contribution in [0.15, 0.2) is 24.3 Å². The minimum absolute atomic E-state index is 0.0588. The van der Waals surface area contributed by atoms with E-state index in [-0.39, 0.29) is 19.1 Å². The molecule has 0 aromatic heterocycles. The number of nitrogens with one attached hydrogen (secondary N) is 1. The van der Waals surface area contributed by atoms with Crippen LogP contribution < -0.4 is 5.32 Å². The van der Waals surface area contributed by atoms with Crippen molar-refractivity contribution in [3.63, 3.8) is 0 Å². The van der Waals surface area contributed by atoms with E-state index in [1.54, 1.807) is 6.08 Å². The van der Waals surface area contributed by atoms with Crippen molar-refractivity contribution < 1.29 is 32.9 Å². The van der Waals surface area contributed by atoms with Crippen molar-refractivity contribution in [1.82, 2.24) is 5.32 Å². The van der Waals surface area contributed by atoms with Gasteiger partial charge in [-0.05, 0) is 32.1 Å². The largest absolute Gasteiger partial charge is 0.472 e. The Hall–Kier alpha value is -1.02. The van der Waals surface area contributed by atoms with E-state index in [0.717, 1.165) is 38.5 Å². The van der Waals surface area contributed by atoms with Gasteiger partial charge >= 0.3 is 7.82 Å². The lowest BCUT2D eigenvalue weighted by molar-refractivity contribution is -0.870. The molecule has 0 aromatic carbocycles. The van der Waals surface area contributed by atoms with E-state index in [1.807, 2.05) is 27.2 Å². The number of hydrogen-bond donors (Lipinski definition) is 3. The quantitative estimate of drug-likeness (QED) is 0.0243. The van der Waals surface area contributed by atoms with Gasteiger partial charge in [-0.2, -0.15) is 0 Å². The van der Waals surface area contributed by atoms with Gasteiger partial charge in [-0.1, -0.05) is 321 Å². The molecule has 0 aromatic rings. The summed E-state index contributed by atoms with van der Waals surface area (Å²) < 4.78 is 23.7. The van der Waals surface area contributed by atoms with E-state index in [4.69, 9.17) is 9.05 Å². The van der Waals surface area contributed by atoms with Gasteiger partial charge in [-0.3, -0.25) is 13.8 Å². The van der Waals surface area contributed by atoms with Crippen LogP contribution in [0.25, 0.3) is 0 Å². The van der Waals surface area contributed by atoms with Crippen molar-refractivity contribution in [2.75, 3.05) is 40.9 Å². The van der Waals surface area contributed by atoms with Crippen LogP contribution in [0.5, 0.6) is 0 Å². The molecule has 0 saturated carbocycles. The Morgan fingerprint density at radius 1 is 0.446 bits per heavy atom. The summed E-state index contributed by atoms with van der Waals surface area (Å²) in [6.07, 6.45) is 73.3. The van der Waals surface area contributed by atoms with Crippen LogP contribution in [0.2, 0.25) is 0 Å². The van der Waals surface area contributed by atoms with E-state index in [9.17, 15) is 19.4 Å². The zero-order chi connectivity index (χ0) is 54.2. The van der Waals surface area contributed by atoms with Gasteiger partial charge in [0.1, 0.15) is 13.2 Å². The minimum Gasteiger partial charge on any atom is -0.387 e. The molecule has 0 bridgehead atoms. The van der Waals surface area contributed by atoms with Gasteiger partial charge in [-0.15, -0.1) is 0 Å². The van der Waals surface area contributed by atoms with Gasteiger partial charge in [0.05, 0.1) is 39.9 Å². The maximum absolute atomic E-state index is 13.0. The summed E-state index contributed by atoms with van der Waals surface area (Å²) in [4.78, 5) is 23.3. The molecule has 3 unspecified atom stereocenters. The van der Waals surface area contributed by atoms with E-state index in [2.05, 4.69) is 31.3 Å². The molecule has 3 N–H and O–H groups in total. The molecule has 3 atom stereocenters. The first-order valence-corrected chi connectivity index (χ1v) is 34.2. The van der Waals surface area contributed by atoms with Crippen molar-refractivity contribution in [1.29, 1.82) is 0 Å². The van der Waals surface area contributed by atoms with E-state index >= 15 is 0 Å². The Bertz CT molecular complexity index is 1260. The first kappa shape index (κ1) is 73.0. The lowest BCUT2D eigenvalue weighted by Crippen LogP contribution is -2.45. The number of likely N-dealkylation sites (N-methyl/N-ethyl adjacent to an activating group) is 1. The van der Waals surface area contributed by atoms with E-state index < -0.39 is 20.0 Å². The third-order valence-electron chi connectivity index (χ3n) is 15.2. The Balaban J connectivity index is 3.97. The van der Waals surface area contributed by atoms with Gasteiger partial charge in [0.15, 0.2) is 0 Å². The van der Waals surface area contributed by atoms with Gasteiger partial charge in [0.25, 0.3) is 0 Å². The molecule has 0 heterocycles. The van der Waals surface area contributed by atoms with Crippen LogP contribution in [-0.4, -0.2) is 73.4 Å². The number of carbonyl (C=O) groups excluding carboxylic acids is 1. The van der Waals surface area contributed by atoms with Crippen LogP contribution in [0, 0.1) is 0 Å². The first-order chi connectivity index (χ1) is 36.0. The molecule has 74 heavy (non-hydrogen) atoms. The van der Waals surface area contributed by atoms with E-state index in [1.165, 1.54) is 276 Å². The molecule has 9 heteroatoms. The number of allylic oxidation sites excluding steroid dienone is 3. The number of rotatable bonds is 61. The molecule has 0 aliphatic heterocycles. The maximum atomic E-state index is 13.0. The summed E-state index contributed by atoms with van der Waals surface area (Å²) in [6, 6.07) is -0.860. The fourth-order valence-electron chi connectivity index (χ4n) is 10.1. The Morgan fingerprint density at radius 3 is 1.08 bits per heavy atom. The Morgan fingerprint density at radius 2 is 0.743 bits per heavy atom. The summed E-state index contributed by atoms with van der Waals surface area (Å²) in [5, 5.41) is 13.9. The monoisotopic (exact) mass is 1070 g/mol. The number of phosphoric ester groups is 1. The van der Waals surface area contributed by atoms with Gasteiger partial charge in [0.2, 0.25) is 5.91 Å². The summed E-state index contributed by atoms with van der Waals surface area (Å²) >= 11 is 0. The molecule has 0 fully saturated rings. The third-order valence-corrected chi connectivity index (χ3v) is 16.2. The van der Waals surface area contributed by atoms with Crippen LogP contribution in [0.3, 0.4) is 0 Å². The van der Waals surface area contributed by atoms with Crippen LogP contribution in [-0.2, 0) is 18.4 Å². The topological polar surface area (TPSA) is 105 Å². The van der Waals surface area contributed by atoms with Gasteiger partial charge < -0.3 is 19.8 Å². The summed E-state index contributed by atoms with van der Waals surface area (Å²) in [6.45, 7) is 4.84. The highest BCUT2D eigenvalue weighted by Gasteiger charge is 2.28. The number of phosphoric acid groups is 1. The second kappa shape index (κ2) is 56.7. The van der Waals surface area contributed by atoms with Crippen molar-refractivity contribution in [2.45, 2.75) is 347 Å². The number of hydrogen-bond acceptors (Lipinski definition) is 5. The molecule has 0 aliphatic rings. The molecule has 0 rings (SSSR count). The standard InChI is InChI=1S/C65H129N2O6P/c1-6-8-10-12-14-16-18-20-22-24-25-26-27-28-29-30-31-32-33-34-35-36-37-38-39-40-41-43-45-47-49-51-53-55-57-59-65(69)66-63(62-73-74(70,71)72-61-60-67(3,4)5)64(68)58-56-54-52-50-48-46-44-42-23-21-19-17-15-13-11-9-7-2/h48,50,56,58,63-64,68H,6-47,49,51-55,57,59-62H2,1-5H3,(H-,66,69,70,71)/p+1/b50-48+,58-56+. The van der Waals surface area contributed by atoms with Gasteiger partial charge in [0, 0.05) is 6.42 Å². The lowest BCUT2D eigenvalue weighted by atomic mass is 10.0. The molecule has 440 valence electrons. The zero-order valence-corrected chi connectivity index (χ0v) is 51.3. The minimum atomic E-state index is -4.35. The second-order valence-corrected chi connectivity index (χ2v) is 25.3. The molecular weight excluding hydrogens is 936 g/mol. The predicted molar refractivity (Wildman–Crippen MR) is 323 cm³/mol. The fraction of sp³-hybridized carbons (Fsp3) is 0.923. The number of aliphatic hydroxyl groups excluding tert-OH is 1. The molecule has 0 aliphatic carbocycles. The lowest BCUT2D eigenvalue weighted by Gasteiger charge is -2.25. The Labute approximate surface area is 462 Å². The molecule has 8 nitrogen and oxygen atoms in total. The van der Waals surface area contributed by atoms with Crippen LogP contribution in [0.4, 0.5) is 0 Å². The molecular formula is C65H130N2O6P+. The average molecular weight is 1070 g/mol. The number of carbonyl (C=O) groups is 1. The smallest absolute Gasteiger partial charge is 0.387 e. The highest BCUT2D eigenvalue weighted by molar-refractivity contribution is 7.47. The van der Waals surface area contributed by atoms with Crippen LogP contribution in [0.1, 0.15) is 335 Å². The van der Waals surface area contributed by atoms with Crippen LogP contribution >= 0.6 is 7.82 Å². The predicted octanol–water partition coefficient (Wildman–Crippen LogP) is 20.3. The molecule has 1 amide bonds. The number of amides is 1. The number of unbranched alkanes of at least 4 members (excludes halogenated alkanes) is 46. The second-order valence-electron chi connectivity index (χ2n) is 23.8. The van der Waals surface area contributed by atoms with Crippen molar-refractivity contribution in [3.05, 3.63) is 24.3 Å². The highest BCUT2D eigenvalue weighted by atomic mass is 31.2. The number of quaternary nitrogens is 1. The molecule has 0 saturated heterocycles. The summed E-state index contributed by atoms with van der Waals surface area (Å²) in [5.74, 6) is -0.179. The maximum Gasteiger partial charge on any atom is 0.472 e. The van der Waals surface area contributed by atoms with Crippen molar-refractivity contribution in [3.8, 4) is 0 Å². The number of nitrogens with zero attached hydrogens (tertiary/aromatic N) is 1. The third kappa shape index (κ3) is 58.7. The SMILES string of the molecule is CCCCCCCCCCCCC/C=C/CC/C=C/C(O)C(COP(=O)(O)OCC[N+](C)(C)C)NC(=O)CCCCCCCCCCCCCCCCCCCCCCCCCCCCCCCCCCCCC. The van der Waals surface area contributed by atoms with Gasteiger partial charge in [-0.25, -0.2) is 4.57 Å². The highest BCUT2D eigenvalue weighted by Crippen LogP contribution is 2.43. The number of aliphatic hydroxyl groups is 1. The Kier molecular flexibility index (Phi) is 55.9. The fourth-order valence-corrected chi connectivity index (χ4v) is 10.8. The van der Waals surface area contributed by atoms with Crippen molar-refractivity contribution >= 4 is 13.7 Å². The molecule has 0 spiro atoms. The average Bonchev–Trinajstić information content (AvgIpc) is 3.36. The summed E-state index contributed by atoms with van der Waals surface area (Å²) in [7, 11) is 1.57. The zero-order valence-electron chi connectivity index (χ0n) is 50.4. The van der Waals surface area contributed by atoms with E-state index in [0.29, 0.717) is 17.4 Å².